The number of rotatable bonds is 5. The second-order valence-electron chi connectivity index (χ2n) is 7.28. The highest BCUT2D eigenvalue weighted by Crippen LogP contribution is 2.45. The number of furan rings is 1. The first-order valence-corrected chi connectivity index (χ1v) is 10.1. The van der Waals surface area contributed by atoms with Gasteiger partial charge in [-0.3, -0.25) is 14.8 Å². The van der Waals surface area contributed by atoms with Crippen molar-refractivity contribution in [3.8, 4) is 17.2 Å². The maximum absolute atomic E-state index is 13.4. The van der Waals surface area contributed by atoms with E-state index in [4.69, 9.17) is 9.15 Å². The van der Waals surface area contributed by atoms with Crippen LogP contribution in [0, 0.1) is 0 Å². The van der Waals surface area contributed by atoms with Crippen molar-refractivity contribution in [3.63, 3.8) is 0 Å². The van der Waals surface area contributed by atoms with Crippen molar-refractivity contribution in [1.82, 2.24) is 10.2 Å². The number of nitrogens with one attached hydrogen (secondary N) is 1. The van der Waals surface area contributed by atoms with Gasteiger partial charge in [0.05, 0.1) is 24.5 Å². The average molecular weight is 429 g/mol. The van der Waals surface area contributed by atoms with Crippen LogP contribution < -0.4 is 4.90 Å². The lowest BCUT2D eigenvalue weighted by molar-refractivity contribution is 0.0526. The van der Waals surface area contributed by atoms with Gasteiger partial charge in [0.1, 0.15) is 11.4 Å². The molecular weight excluding hydrogens is 410 g/mol. The Hall–Kier alpha value is -4.33. The van der Waals surface area contributed by atoms with E-state index in [9.17, 15) is 14.7 Å². The molecule has 8 nitrogen and oxygen atoms in total. The molecule has 1 aliphatic heterocycles. The van der Waals surface area contributed by atoms with Crippen LogP contribution in [-0.2, 0) is 4.74 Å². The van der Waals surface area contributed by atoms with E-state index in [1.807, 2.05) is 6.07 Å². The molecular formula is C24H19N3O5. The number of carbonyl (C=O) groups is 2. The molecule has 4 aromatic rings. The van der Waals surface area contributed by atoms with Gasteiger partial charge in [-0.15, -0.1) is 0 Å². The largest absolute Gasteiger partial charge is 0.508 e. The number of esters is 1. The molecule has 32 heavy (non-hydrogen) atoms. The van der Waals surface area contributed by atoms with E-state index in [-0.39, 0.29) is 24.0 Å². The highest BCUT2D eigenvalue weighted by molar-refractivity contribution is 6.11. The fourth-order valence-electron chi connectivity index (χ4n) is 4.00. The topological polar surface area (TPSA) is 109 Å². The number of anilines is 1. The van der Waals surface area contributed by atoms with Gasteiger partial charge in [0, 0.05) is 11.3 Å². The van der Waals surface area contributed by atoms with E-state index in [1.165, 1.54) is 0 Å². The quantitative estimate of drug-likeness (QED) is 0.458. The first kappa shape index (κ1) is 19.6. The van der Waals surface area contributed by atoms with Crippen LogP contribution in [0.5, 0.6) is 5.75 Å². The maximum Gasteiger partial charge on any atom is 0.338 e. The third-order valence-electron chi connectivity index (χ3n) is 5.37. The minimum atomic E-state index is -0.558. The predicted molar refractivity (Wildman–Crippen MR) is 115 cm³/mol. The molecule has 2 aromatic heterocycles. The van der Waals surface area contributed by atoms with Crippen LogP contribution in [0.2, 0.25) is 0 Å². The van der Waals surface area contributed by atoms with E-state index >= 15 is 0 Å². The Morgan fingerprint density at radius 3 is 2.69 bits per heavy atom. The highest BCUT2D eigenvalue weighted by atomic mass is 16.5. The first-order chi connectivity index (χ1) is 15.6. The van der Waals surface area contributed by atoms with Crippen LogP contribution in [0.1, 0.15) is 44.9 Å². The van der Waals surface area contributed by atoms with Gasteiger partial charge < -0.3 is 14.3 Å². The molecule has 2 aromatic carbocycles. The Kier molecular flexibility index (Phi) is 4.74. The molecule has 0 aliphatic carbocycles. The third-order valence-corrected chi connectivity index (χ3v) is 5.37. The summed E-state index contributed by atoms with van der Waals surface area (Å²) in [7, 11) is 0. The molecule has 1 amide bonds. The minimum Gasteiger partial charge on any atom is -0.508 e. The predicted octanol–water partition coefficient (Wildman–Crippen LogP) is 4.30. The number of phenols is 1. The number of aromatic amines is 1. The Bertz CT molecular complexity index is 1290. The van der Waals surface area contributed by atoms with E-state index in [2.05, 4.69) is 10.2 Å². The van der Waals surface area contributed by atoms with Crippen molar-refractivity contribution in [1.29, 1.82) is 0 Å². The van der Waals surface area contributed by atoms with Gasteiger partial charge >= 0.3 is 5.97 Å². The molecule has 3 heterocycles. The Morgan fingerprint density at radius 1 is 1.19 bits per heavy atom. The fraction of sp³-hybridized carbons (Fsp3) is 0.125. The second kappa shape index (κ2) is 7.73. The summed E-state index contributed by atoms with van der Waals surface area (Å²) in [6, 6.07) is 16.4. The smallest absolute Gasteiger partial charge is 0.338 e. The summed E-state index contributed by atoms with van der Waals surface area (Å²) in [5.74, 6) is -0.0869. The van der Waals surface area contributed by atoms with Crippen LogP contribution in [0.15, 0.2) is 71.3 Å². The number of aromatic nitrogens is 2. The first-order valence-electron chi connectivity index (χ1n) is 10.1. The van der Waals surface area contributed by atoms with Crippen molar-refractivity contribution in [2.45, 2.75) is 13.0 Å². The van der Waals surface area contributed by atoms with Gasteiger partial charge in [0.2, 0.25) is 0 Å². The fourth-order valence-corrected chi connectivity index (χ4v) is 4.00. The maximum atomic E-state index is 13.4. The Labute approximate surface area is 183 Å². The standard InChI is InChI=1S/C24H19N3O5/c1-2-31-24(30)14-8-10-16(11-9-14)27-22(15-5-3-6-17(28)13-15)19-20(18-7-4-12-32-18)25-26-21(19)23(27)29/h3-13,22,28H,2H2,1H3,(H,25,26)/t22-/m0/s1. The summed E-state index contributed by atoms with van der Waals surface area (Å²) < 4.78 is 10.6. The summed E-state index contributed by atoms with van der Waals surface area (Å²) >= 11 is 0. The van der Waals surface area contributed by atoms with Crippen molar-refractivity contribution in [2.75, 3.05) is 11.5 Å². The summed E-state index contributed by atoms with van der Waals surface area (Å²) in [5, 5.41) is 17.3. The normalized spacial score (nSPS) is 15.1. The monoisotopic (exact) mass is 429 g/mol. The van der Waals surface area contributed by atoms with E-state index in [0.717, 1.165) is 0 Å². The van der Waals surface area contributed by atoms with E-state index in [1.54, 1.807) is 72.7 Å². The Balaban J connectivity index is 1.63. The lowest BCUT2D eigenvalue weighted by atomic mass is 9.97. The van der Waals surface area contributed by atoms with Crippen LogP contribution in [0.25, 0.3) is 11.5 Å². The molecule has 0 unspecified atom stereocenters. The molecule has 1 aliphatic rings. The SMILES string of the molecule is CCOC(=O)c1ccc(N2C(=O)c3n[nH]c(-c4ccco4)c3[C@@H]2c2cccc(O)c2)cc1. The van der Waals surface area contributed by atoms with Crippen LogP contribution in [-0.4, -0.2) is 33.8 Å². The zero-order chi connectivity index (χ0) is 22.2. The Morgan fingerprint density at radius 2 is 2.00 bits per heavy atom. The summed E-state index contributed by atoms with van der Waals surface area (Å²) in [6.45, 7) is 2.02. The number of ether oxygens (including phenoxy) is 1. The number of hydrogen-bond donors (Lipinski definition) is 2. The van der Waals surface area contributed by atoms with Gasteiger partial charge in [-0.25, -0.2) is 4.79 Å². The molecule has 5 rings (SSSR count). The average Bonchev–Trinajstić information content (AvgIpc) is 3.52. The van der Waals surface area contributed by atoms with Crippen LogP contribution in [0.3, 0.4) is 0 Å². The molecule has 0 radical (unpaired) electrons. The van der Waals surface area contributed by atoms with E-state index < -0.39 is 12.0 Å². The van der Waals surface area contributed by atoms with Gasteiger partial charge in [0.15, 0.2) is 11.5 Å². The number of phenolic OH excluding ortho intramolecular Hbond substituents is 1. The molecule has 1 atom stereocenters. The summed E-state index contributed by atoms with van der Waals surface area (Å²) in [5.41, 5.74) is 3.22. The molecule has 0 spiro atoms. The van der Waals surface area contributed by atoms with E-state index in [0.29, 0.717) is 33.8 Å². The van der Waals surface area contributed by atoms with Crippen molar-refractivity contribution >= 4 is 17.6 Å². The van der Waals surface area contributed by atoms with Gasteiger partial charge in [-0.05, 0) is 61.0 Å². The summed E-state index contributed by atoms with van der Waals surface area (Å²) in [4.78, 5) is 27.1. The molecule has 0 bridgehead atoms. The number of aromatic hydroxyl groups is 1. The number of fused-ring (bicyclic) bond motifs is 1. The van der Waals surface area contributed by atoms with Crippen molar-refractivity contribution in [3.05, 3.63) is 89.3 Å². The van der Waals surface area contributed by atoms with Gasteiger partial charge in [-0.1, -0.05) is 12.1 Å². The number of amides is 1. The van der Waals surface area contributed by atoms with Crippen molar-refractivity contribution < 1.29 is 23.8 Å². The number of benzene rings is 2. The lowest BCUT2D eigenvalue weighted by Crippen LogP contribution is -2.29. The molecule has 2 N–H and O–H groups in total. The molecule has 8 heteroatoms. The lowest BCUT2D eigenvalue weighted by Gasteiger charge is -2.26. The number of carbonyl (C=O) groups excluding carboxylic acids is 2. The molecule has 0 fully saturated rings. The number of hydrogen-bond acceptors (Lipinski definition) is 6. The zero-order valence-electron chi connectivity index (χ0n) is 17.1. The number of H-pyrrole nitrogens is 1. The highest BCUT2D eigenvalue weighted by Gasteiger charge is 2.44. The minimum absolute atomic E-state index is 0.0871. The third kappa shape index (κ3) is 3.13. The second-order valence-corrected chi connectivity index (χ2v) is 7.28. The number of nitrogens with zero attached hydrogens (tertiary/aromatic N) is 2. The summed E-state index contributed by atoms with van der Waals surface area (Å²) in [6.07, 6.45) is 1.55. The van der Waals surface area contributed by atoms with Crippen molar-refractivity contribution in [2.24, 2.45) is 0 Å². The zero-order valence-corrected chi connectivity index (χ0v) is 17.1. The van der Waals surface area contributed by atoms with Crippen LogP contribution >= 0.6 is 0 Å². The molecule has 160 valence electrons. The van der Waals surface area contributed by atoms with Gasteiger partial charge in [0.25, 0.3) is 5.91 Å². The van der Waals surface area contributed by atoms with Crippen LogP contribution in [0.4, 0.5) is 5.69 Å². The molecule has 0 saturated carbocycles. The molecule has 0 saturated heterocycles. The van der Waals surface area contributed by atoms with Gasteiger partial charge in [-0.2, -0.15) is 5.10 Å².